The van der Waals surface area contributed by atoms with Gasteiger partial charge in [-0.1, -0.05) is 13.0 Å². The molecule has 2 saturated heterocycles. The predicted octanol–water partition coefficient (Wildman–Crippen LogP) is 0.274. The van der Waals surface area contributed by atoms with Crippen molar-refractivity contribution in [1.29, 1.82) is 0 Å². The Balaban J connectivity index is 1.16. The number of carboxylic acids is 1. The highest BCUT2D eigenvalue weighted by atomic mass is 32.2. The number of nitrogens with two attached hydrogens (primary N) is 1. The highest BCUT2D eigenvalue weighted by Gasteiger charge is 2.60. The lowest BCUT2D eigenvalue weighted by Crippen LogP contribution is -2.63. The van der Waals surface area contributed by atoms with Crippen LogP contribution in [0.5, 0.6) is 11.5 Å². The number of hydrogen-bond acceptors (Lipinski definition) is 9. The molecule has 2 amide bonds. The van der Waals surface area contributed by atoms with E-state index >= 15 is 0 Å². The molecule has 6 N–H and O–H groups in total. The van der Waals surface area contributed by atoms with Crippen molar-refractivity contribution in [1.82, 2.24) is 15.5 Å². The van der Waals surface area contributed by atoms with Gasteiger partial charge in [0.05, 0.1) is 29.8 Å². The van der Waals surface area contributed by atoms with Crippen LogP contribution in [0.15, 0.2) is 22.7 Å². The lowest BCUT2D eigenvalue weighted by molar-refractivity contribution is -0.163. The molecule has 0 saturated carbocycles. The van der Waals surface area contributed by atoms with Crippen molar-refractivity contribution >= 4 is 35.2 Å². The standard InChI is InChI=1S/C24H30N4O7S/c1-10-18-16(11(2)29)23(31)28(18)19(24(32)33)21(10)36-13-7-14(27-8-13)22(30)26-6-5-12-3-4-15-20(17(12)25)35-9-34-15/h3-4,10-11,13-14,16,18,27,29H,5-9,25H2,1-2H3,(H,26,30)(H,32,33)/t10-,11?,13?,14?,16-,18?/m1/s1. The van der Waals surface area contributed by atoms with E-state index in [4.69, 9.17) is 15.2 Å². The second-order valence-corrected chi connectivity index (χ2v) is 11.0. The fraction of sp³-hybridized carbons (Fsp3) is 0.542. The molecule has 0 radical (unpaired) electrons. The molecular weight excluding hydrogens is 488 g/mol. The average molecular weight is 519 g/mol. The van der Waals surface area contributed by atoms with E-state index in [0.717, 1.165) is 5.56 Å². The van der Waals surface area contributed by atoms with Gasteiger partial charge in [-0.3, -0.25) is 9.59 Å². The van der Waals surface area contributed by atoms with Crippen LogP contribution < -0.4 is 25.8 Å². The van der Waals surface area contributed by atoms with E-state index in [1.807, 2.05) is 13.0 Å². The van der Waals surface area contributed by atoms with Crippen molar-refractivity contribution < 1.29 is 34.1 Å². The molecule has 4 aliphatic heterocycles. The number of thioether (sulfide) groups is 1. The van der Waals surface area contributed by atoms with E-state index in [0.29, 0.717) is 48.0 Å². The van der Waals surface area contributed by atoms with Gasteiger partial charge in [-0.05, 0) is 31.4 Å². The molecule has 0 spiro atoms. The first-order chi connectivity index (χ1) is 17.2. The van der Waals surface area contributed by atoms with E-state index in [1.165, 1.54) is 16.7 Å². The third kappa shape index (κ3) is 4.06. The summed E-state index contributed by atoms with van der Waals surface area (Å²) >= 11 is 1.42. The summed E-state index contributed by atoms with van der Waals surface area (Å²) in [5, 5.41) is 26.0. The van der Waals surface area contributed by atoms with Crippen molar-refractivity contribution in [2.24, 2.45) is 11.8 Å². The molecular formula is C24H30N4O7S. The molecule has 0 aliphatic carbocycles. The Labute approximate surface area is 212 Å². The molecule has 12 heteroatoms. The maximum atomic E-state index is 12.8. The highest BCUT2D eigenvalue weighted by molar-refractivity contribution is 8.03. The average Bonchev–Trinajstić information content (AvgIpc) is 3.54. The lowest BCUT2D eigenvalue weighted by Gasteiger charge is -2.46. The fourth-order valence-electron chi connectivity index (χ4n) is 5.55. The SMILES string of the molecule is CC(O)[C@H]1C(=O)N2C(C(=O)O)=C(SC3CNC(C(=O)NCCc4ccc5c(c4N)OCO5)C3)[C@H](C)C12. The minimum absolute atomic E-state index is 0.00798. The number of nitrogens with one attached hydrogen (secondary N) is 2. The molecule has 36 heavy (non-hydrogen) atoms. The molecule has 6 atom stereocenters. The van der Waals surface area contributed by atoms with Crippen molar-refractivity contribution in [3.05, 3.63) is 28.3 Å². The quantitative estimate of drug-likeness (QED) is 0.238. The summed E-state index contributed by atoms with van der Waals surface area (Å²) in [4.78, 5) is 39.2. The zero-order valence-electron chi connectivity index (χ0n) is 20.0. The summed E-state index contributed by atoms with van der Waals surface area (Å²) in [7, 11) is 0. The van der Waals surface area contributed by atoms with Crippen molar-refractivity contribution in [3.8, 4) is 11.5 Å². The number of rotatable bonds is 8. The van der Waals surface area contributed by atoms with Gasteiger partial charge in [0.15, 0.2) is 11.5 Å². The summed E-state index contributed by atoms with van der Waals surface area (Å²) in [6.45, 7) is 4.55. The zero-order chi connectivity index (χ0) is 25.7. The van der Waals surface area contributed by atoms with Crippen LogP contribution >= 0.6 is 11.8 Å². The Morgan fingerprint density at radius 2 is 2.14 bits per heavy atom. The van der Waals surface area contributed by atoms with Gasteiger partial charge in [-0.25, -0.2) is 4.79 Å². The van der Waals surface area contributed by atoms with Crippen LogP contribution in [-0.4, -0.2) is 76.2 Å². The number of anilines is 1. The van der Waals surface area contributed by atoms with Crippen LogP contribution in [0.2, 0.25) is 0 Å². The largest absolute Gasteiger partial charge is 0.477 e. The Morgan fingerprint density at radius 3 is 2.86 bits per heavy atom. The van der Waals surface area contributed by atoms with Crippen LogP contribution in [0.4, 0.5) is 5.69 Å². The predicted molar refractivity (Wildman–Crippen MR) is 131 cm³/mol. The zero-order valence-corrected chi connectivity index (χ0v) is 20.8. The second kappa shape index (κ2) is 9.49. The fourth-order valence-corrected chi connectivity index (χ4v) is 7.03. The molecule has 4 aliphatic rings. The summed E-state index contributed by atoms with van der Waals surface area (Å²) in [5.41, 5.74) is 7.55. The number of aliphatic carboxylic acids is 1. The summed E-state index contributed by atoms with van der Waals surface area (Å²) in [6.07, 6.45) is 0.237. The van der Waals surface area contributed by atoms with Crippen LogP contribution in [0.25, 0.3) is 0 Å². The van der Waals surface area contributed by atoms with Gasteiger partial charge < -0.3 is 41.0 Å². The number of aliphatic hydroxyl groups is 1. The minimum atomic E-state index is -1.15. The third-order valence-corrected chi connectivity index (χ3v) is 8.88. The smallest absolute Gasteiger partial charge is 0.353 e. The van der Waals surface area contributed by atoms with Crippen LogP contribution in [0.3, 0.4) is 0 Å². The van der Waals surface area contributed by atoms with Gasteiger partial charge in [0.1, 0.15) is 5.70 Å². The molecule has 194 valence electrons. The number of carbonyl (C=O) groups excluding carboxylic acids is 2. The number of carboxylic acid groups (broad SMARTS) is 1. The van der Waals surface area contributed by atoms with E-state index < -0.39 is 24.0 Å². The second-order valence-electron chi connectivity index (χ2n) is 9.62. The normalized spacial score (nSPS) is 29.2. The number of benzene rings is 1. The van der Waals surface area contributed by atoms with Gasteiger partial charge in [0.25, 0.3) is 0 Å². The first kappa shape index (κ1) is 24.7. The molecule has 11 nitrogen and oxygen atoms in total. The molecule has 1 aromatic rings. The first-order valence-electron chi connectivity index (χ1n) is 12.0. The first-order valence-corrected chi connectivity index (χ1v) is 12.9. The lowest BCUT2D eigenvalue weighted by atomic mass is 9.79. The number of hydrogen-bond donors (Lipinski definition) is 5. The van der Waals surface area contributed by atoms with E-state index in [-0.39, 0.29) is 41.5 Å². The van der Waals surface area contributed by atoms with Crippen molar-refractivity contribution in [3.63, 3.8) is 0 Å². The molecule has 0 bridgehead atoms. The number of nitrogens with zero attached hydrogens (tertiary/aromatic N) is 1. The topological polar surface area (TPSA) is 163 Å². The van der Waals surface area contributed by atoms with E-state index in [9.17, 15) is 24.6 Å². The molecule has 5 rings (SSSR count). The Bertz CT molecular complexity index is 1140. The maximum Gasteiger partial charge on any atom is 0.353 e. The molecule has 4 unspecified atom stereocenters. The molecule has 4 heterocycles. The summed E-state index contributed by atoms with van der Waals surface area (Å²) in [6, 6.07) is 2.93. The van der Waals surface area contributed by atoms with Gasteiger partial charge in [0.2, 0.25) is 18.6 Å². The third-order valence-electron chi connectivity index (χ3n) is 7.37. The minimum Gasteiger partial charge on any atom is -0.477 e. The van der Waals surface area contributed by atoms with Crippen LogP contribution in [0, 0.1) is 11.8 Å². The van der Waals surface area contributed by atoms with Gasteiger partial charge in [0, 0.05) is 29.2 Å². The Hall–Kier alpha value is -2.96. The van der Waals surface area contributed by atoms with E-state index in [1.54, 1.807) is 13.0 Å². The number of ether oxygens (including phenoxy) is 2. The highest BCUT2D eigenvalue weighted by Crippen LogP contribution is 2.51. The monoisotopic (exact) mass is 518 g/mol. The Kier molecular flexibility index (Phi) is 6.52. The molecule has 0 aromatic heterocycles. The number of fused-ring (bicyclic) bond motifs is 2. The van der Waals surface area contributed by atoms with Gasteiger partial charge >= 0.3 is 5.97 Å². The van der Waals surface area contributed by atoms with E-state index in [2.05, 4.69) is 10.6 Å². The number of nitrogen functional groups attached to an aromatic ring is 1. The van der Waals surface area contributed by atoms with Crippen LogP contribution in [0.1, 0.15) is 25.8 Å². The Morgan fingerprint density at radius 1 is 1.36 bits per heavy atom. The maximum absolute atomic E-state index is 12.8. The van der Waals surface area contributed by atoms with Crippen molar-refractivity contribution in [2.45, 2.75) is 50.1 Å². The van der Waals surface area contributed by atoms with Gasteiger partial charge in [-0.15, -0.1) is 11.8 Å². The number of carbonyl (C=O) groups is 3. The number of β-lactam (4-membered cyclic amide) rings is 1. The summed E-state index contributed by atoms with van der Waals surface area (Å²) < 4.78 is 10.7. The van der Waals surface area contributed by atoms with Crippen LogP contribution in [-0.2, 0) is 20.8 Å². The number of amides is 2. The van der Waals surface area contributed by atoms with Crippen molar-refractivity contribution in [2.75, 3.05) is 25.6 Å². The van der Waals surface area contributed by atoms with Gasteiger partial charge in [-0.2, -0.15) is 0 Å². The molecule has 1 aromatic carbocycles. The number of aliphatic hydroxyl groups excluding tert-OH is 1. The summed E-state index contributed by atoms with van der Waals surface area (Å²) in [5.74, 6) is -1.25. The molecule has 2 fully saturated rings.